The summed E-state index contributed by atoms with van der Waals surface area (Å²) in [6.07, 6.45) is 0. The SMILES string of the molecule is CC(C)NCc1cccc(CN2CC(C)C(C)C2)c1. The van der Waals surface area contributed by atoms with Gasteiger partial charge in [-0.2, -0.15) is 0 Å². The minimum atomic E-state index is 0.545. The molecule has 106 valence electrons. The number of hydrogen-bond acceptors (Lipinski definition) is 2. The molecular formula is C17H28N2. The van der Waals surface area contributed by atoms with E-state index in [1.807, 2.05) is 0 Å². The van der Waals surface area contributed by atoms with Crippen molar-refractivity contribution in [2.45, 2.75) is 46.8 Å². The third-order valence-corrected chi connectivity index (χ3v) is 4.18. The summed E-state index contributed by atoms with van der Waals surface area (Å²) in [5.74, 6) is 1.68. The Morgan fingerprint density at radius 3 is 2.42 bits per heavy atom. The maximum Gasteiger partial charge on any atom is 0.0234 e. The zero-order valence-electron chi connectivity index (χ0n) is 12.8. The van der Waals surface area contributed by atoms with Crippen molar-refractivity contribution in [3.8, 4) is 0 Å². The highest BCUT2D eigenvalue weighted by atomic mass is 15.1. The summed E-state index contributed by atoms with van der Waals surface area (Å²) < 4.78 is 0. The average Bonchev–Trinajstić information content (AvgIpc) is 2.66. The molecular weight excluding hydrogens is 232 g/mol. The van der Waals surface area contributed by atoms with Crippen molar-refractivity contribution in [1.82, 2.24) is 10.2 Å². The van der Waals surface area contributed by atoms with Gasteiger partial charge in [-0.1, -0.05) is 52.0 Å². The highest BCUT2D eigenvalue weighted by Crippen LogP contribution is 2.23. The van der Waals surface area contributed by atoms with Crippen LogP contribution in [0.5, 0.6) is 0 Å². The van der Waals surface area contributed by atoms with E-state index in [0.29, 0.717) is 6.04 Å². The average molecular weight is 260 g/mol. The second-order valence-corrected chi connectivity index (χ2v) is 6.50. The lowest BCUT2D eigenvalue weighted by Crippen LogP contribution is -2.22. The summed E-state index contributed by atoms with van der Waals surface area (Å²) in [4.78, 5) is 2.59. The monoisotopic (exact) mass is 260 g/mol. The van der Waals surface area contributed by atoms with Crippen molar-refractivity contribution < 1.29 is 0 Å². The number of likely N-dealkylation sites (tertiary alicyclic amines) is 1. The lowest BCUT2D eigenvalue weighted by molar-refractivity contribution is 0.316. The fraction of sp³-hybridized carbons (Fsp3) is 0.647. The molecule has 0 radical (unpaired) electrons. The van der Waals surface area contributed by atoms with Crippen molar-refractivity contribution in [3.63, 3.8) is 0 Å². The summed E-state index contributed by atoms with van der Waals surface area (Å²) in [5, 5.41) is 3.48. The van der Waals surface area contributed by atoms with Gasteiger partial charge in [-0.15, -0.1) is 0 Å². The maximum absolute atomic E-state index is 3.48. The third kappa shape index (κ3) is 4.32. The zero-order valence-corrected chi connectivity index (χ0v) is 12.8. The summed E-state index contributed by atoms with van der Waals surface area (Å²) in [7, 11) is 0. The van der Waals surface area contributed by atoms with Gasteiger partial charge >= 0.3 is 0 Å². The van der Waals surface area contributed by atoms with E-state index >= 15 is 0 Å². The van der Waals surface area contributed by atoms with Gasteiger partial charge in [0, 0.05) is 32.2 Å². The van der Waals surface area contributed by atoms with Gasteiger partial charge in [0.15, 0.2) is 0 Å². The Kier molecular flexibility index (Phi) is 5.00. The van der Waals surface area contributed by atoms with Gasteiger partial charge in [0.25, 0.3) is 0 Å². The van der Waals surface area contributed by atoms with E-state index < -0.39 is 0 Å². The van der Waals surface area contributed by atoms with Gasteiger partial charge < -0.3 is 5.32 Å². The van der Waals surface area contributed by atoms with Crippen LogP contribution in [0, 0.1) is 11.8 Å². The molecule has 0 saturated carbocycles. The molecule has 1 aliphatic heterocycles. The second kappa shape index (κ2) is 6.53. The summed E-state index contributed by atoms with van der Waals surface area (Å²) in [5.41, 5.74) is 2.84. The third-order valence-electron chi connectivity index (χ3n) is 4.18. The molecule has 19 heavy (non-hydrogen) atoms. The van der Waals surface area contributed by atoms with Crippen LogP contribution in [0.3, 0.4) is 0 Å². The van der Waals surface area contributed by atoms with Gasteiger partial charge in [-0.05, 0) is 23.0 Å². The molecule has 2 heteroatoms. The van der Waals surface area contributed by atoms with Gasteiger partial charge in [-0.25, -0.2) is 0 Å². The number of benzene rings is 1. The molecule has 0 bridgehead atoms. The predicted molar refractivity (Wildman–Crippen MR) is 82.0 cm³/mol. The molecule has 1 aromatic carbocycles. The van der Waals surface area contributed by atoms with E-state index in [0.717, 1.165) is 24.9 Å². The topological polar surface area (TPSA) is 15.3 Å². The highest BCUT2D eigenvalue weighted by Gasteiger charge is 2.25. The Morgan fingerprint density at radius 2 is 1.79 bits per heavy atom. The first-order valence-corrected chi connectivity index (χ1v) is 7.58. The minimum absolute atomic E-state index is 0.545. The number of nitrogens with zero attached hydrogens (tertiary/aromatic N) is 1. The van der Waals surface area contributed by atoms with Crippen LogP contribution < -0.4 is 5.32 Å². The van der Waals surface area contributed by atoms with Crippen LogP contribution in [0.2, 0.25) is 0 Å². The Balaban J connectivity index is 1.92. The van der Waals surface area contributed by atoms with Crippen molar-refractivity contribution >= 4 is 0 Å². The molecule has 0 amide bonds. The first-order valence-electron chi connectivity index (χ1n) is 7.58. The summed E-state index contributed by atoms with van der Waals surface area (Å²) in [6, 6.07) is 9.56. The van der Waals surface area contributed by atoms with Crippen LogP contribution in [-0.4, -0.2) is 24.0 Å². The highest BCUT2D eigenvalue weighted by molar-refractivity contribution is 5.23. The molecule has 0 aliphatic carbocycles. The standard InChI is InChI=1S/C17H28N2/c1-13(2)18-9-16-6-5-7-17(8-16)12-19-10-14(3)15(4)11-19/h5-8,13-15,18H,9-12H2,1-4H3. The number of rotatable bonds is 5. The maximum atomic E-state index is 3.48. The number of hydrogen-bond donors (Lipinski definition) is 1. The Morgan fingerprint density at radius 1 is 1.16 bits per heavy atom. The molecule has 1 fully saturated rings. The summed E-state index contributed by atoms with van der Waals surface area (Å²) >= 11 is 0. The fourth-order valence-corrected chi connectivity index (χ4v) is 2.80. The van der Waals surface area contributed by atoms with Crippen LogP contribution in [0.25, 0.3) is 0 Å². The van der Waals surface area contributed by atoms with E-state index in [9.17, 15) is 0 Å². The molecule has 0 aromatic heterocycles. The Hall–Kier alpha value is -0.860. The van der Waals surface area contributed by atoms with Crippen LogP contribution in [0.4, 0.5) is 0 Å². The van der Waals surface area contributed by atoms with Crippen LogP contribution in [-0.2, 0) is 13.1 Å². The normalized spacial score (nSPS) is 24.3. The van der Waals surface area contributed by atoms with Gasteiger partial charge in [0.2, 0.25) is 0 Å². The first-order chi connectivity index (χ1) is 9.04. The van der Waals surface area contributed by atoms with E-state index in [4.69, 9.17) is 0 Å². The van der Waals surface area contributed by atoms with Crippen molar-refractivity contribution in [1.29, 1.82) is 0 Å². The van der Waals surface area contributed by atoms with Crippen LogP contribution in [0.1, 0.15) is 38.8 Å². The molecule has 2 unspecified atom stereocenters. The zero-order chi connectivity index (χ0) is 13.8. The molecule has 1 heterocycles. The molecule has 2 atom stereocenters. The quantitative estimate of drug-likeness (QED) is 0.874. The molecule has 1 saturated heterocycles. The molecule has 1 N–H and O–H groups in total. The smallest absolute Gasteiger partial charge is 0.0234 e. The largest absolute Gasteiger partial charge is 0.310 e. The van der Waals surface area contributed by atoms with E-state index in [1.165, 1.54) is 24.2 Å². The van der Waals surface area contributed by atoms with Gasteiger partial charge in [0.1, 0.15) is 0 Å². The first kappa shape index (κ1) is 14.5. The molecule has 2 nitrogen and oxygen atoms in total. The molecule has 0 spiro atoms. The Bertz CT molecular complexity index is 390. The van der Waals surface area contributed by atoms with Gasteiger partial charge in [0.05, 0.1) is 0 Å². The van der Waals surface area contributed by atoms with E-state index in [1.54, 1.807) is 0 Å². The van der Waals surface area contributed by atoms with E-state index in [2.05, 4.69) is 62.2 Å². The summed E-state index contributed by atoms with van der Waals surface area (Å²) in [6.45, 7) is 13.7. The minimum Gasteiger partial charge on any atom is -0.310 e. The number of nitrogens with one attached hydrogen (secondary N) is 1. The van der Waals surface area contributed by atoms with Crippen molar-refractivity contribution in [2.24, 2.45) is 11.8 Å². The Labute approximate surface area is 118 Å². The van der Waals surface area contributed by atoms with Gasteiger partial charge in [-0.3, -0.25) is 4.90 Å². The molecule has 1 aromatic rings. The van der Waals surface area contributed by atoms with Crippen LogP contribution >= 0.6 is 0 Å². The molecule has 2 rings (SSSR count). The van der Waals surface area contributed by atoms with Crippen LogP contribution in [0.15, 0.2) is 24.3 Å². The lowest BCUT2D eigenvalue weighted by Gasteiger charge is -2.16. The fourth-order valence-electron chi connectivity index (χ4n) is 2.80. The predicted octanol–water partition coefficient (Wildman–Crippen LogP) is 3.27. The van der Waals surface area contributed by atoms with Crippen molar-refractivity contribution in [3.05, 3.63) is 35.4 Å². The van der Waals surface area contributed by atoms with Crippen molar-refractivity contribution in [2.75, 3.05) is 13.1 Å². The second-order valence-electron chi connectivity index (χ2n) is 6.50. The van der Waals surface area contributed by atoms with E-state index in [-0.39, 0.29) is 0 Å². The molecule has 1 aliphatic rings. The lowest BCUT2D eigenvalue weighted by atomic mass is 10.0.